The molecule has 2 rings (SSSR count). The summed E-state index contributed by atoms with van der Waals surface area (Å²) < 4.78 is 34.3. The molecule has 0 aromatic heterocycles. The van der Waals surface area contributed by atoms with E-state index in [0.717, 1.165) is 0 Å². The number of fused-ring (bicyclic) bond motifs is 2. The molecule has 2 atom stereocenters. The van der Waals surface area contributed by atoms with Gasteiger partial charge in [-0.15, -0.1) is 4.28 Å². The molecule has 2 aliphatic rings. The number of nitrogens with one attached hydrogen (secondary N) is 1. The Morgan fingerprint density at radius 2 is 2.19 bits per heavy atom. The monoisotopic (exact) mass is 324 g/mol. The zero-order valence-electron chi connectivity index (χ0n) is 11.0. The third kappa shape index (κ3) is 3.59. The molecule has 0 aromatic rings. The van der Waals surface area contributed by atoms with Gasteiger partial charge >= 0.3 is 16.4 Å². The van der Waals surface area contributed by atoms with Crippen LogP contribution in [0.4, 0.5) is 4.79 Å². The van der Waals surface area contributed by atoms with Gasteiger partial charge < -0.3 is 10.6 Å². The molecule has 2 aliphatic heterocycles. The van der Waals surface area contributed by atoms with Crippen LogP contribution in [0.2, 0.25) is 0 Å². The summed E-state index contributed by atoms with van der Waals surface area (Å²) in [5, 5.41) is 0.573. The van der Waals surface area contributed by atoms with Gasteiger partial charge in [-0.1, -0.05) is 0 Å². The van der Waals surface area contributed by atoms with Crippen LogP contribution in [0.15, 0.2) is 0 Å². The summed E-state index contributed by atoms with van der Waals surface area (Å²) in [6.07, 6.45) is 0.673. The van der Waals surface area contributed by atoms with Crippen LogP contribution in [0.3, 0.4) is 0 Å². The van der Waals surface area contributed by atoms with E-state index in [9.17, 15) is 18.0 Å². The lowest BCUT2D eigenvalue weighted by atomic mass is 10.0. The van der Waals surface area contributed by atoms with E-state index in [0.29, 0.717) is 17.9 Å². The predicted molar refractivity (Wildman–Crippen MR) is 66.5 cm³/mol. The quantitative estimate of drug-likeness (QED) is 0.288. The topological polar surface area (TPSA) is 151 Å². The lowest BCUT2D eigenvalue weighted by Crippen LogP contribution is -2.49. The first-order valence-corrected chi connectivity index (χ1v) is 7.58. The van der Waals surface area contributed by atoms with Gasteiger partial charge in [0.2, 0.25) is 0 Å². The summed E-state index contributed by atoms with van der Waals surface area (Å²) in [5.74, 6) is -0.524. The highest BCUT2D eigenvalue weighted by Gasteiger charge is 2.49. The molecule has 21 heavy (non-hydrogen) atoms. The van der Waals surface area contributed by atoms with Gasteiger partial charge in [0.05, 0.1) is 12.6 Å². The van der Waals surface area contributed by atoms with Crippen molar-refractivity contribution in [3.05, 3.63) is 0 Å². The Labute approximate surface area is 120 Å². The molecule has 4 N–H and O–H groups in total. The maximum Gasteiger partial charge on any atom is 0.418 e. The van der Waals surface area contributed by atoms with E-state index in [-0.39, 0.29) is 19.7 Å². The second-order valence-corrected chi connectivity index (χ2v) is 5.62. The van der Waals surface area contributed by atoms with Crippen molar-refractivity contribution in [2.24, 2.45) is 5.73 Å². The Balaban J connectivity index is 2.01. The van der Waals surface area contributed by atoms with E-state index in [1.54, 1.807) is 0 Å². The molecular weight excluding hydrogens is 308 g/mol. The number of rotatable bonds is 6. The molecule has 2 heterocycles. The standard InChI is InChI=1S/C9H16N4O7S/c10-3-4-19-11-8(14)7-2-1-6-5-12(7)9(15)13(6)20-21(16,17)18/h6-7H,1-5,10H2,(H,11,14)(H,16,17,18). The van der Waals surface area contributed by atoms with Crippen molar-refractivity contribution in [3.63, 3.8) is 0 Å². The fourth-order valence-corrected chi connectivity index (χ4v) is 2.74. The number of hydrogen-bond donors (Lipinski definition) is 3. The van der Waals surface area contributed by atoms with Crippen LogP contribution in [0, 0.1) is 0 Å². The fourth-order valence-electron chi connectivity index (χ4n) is 2.35. The van der Waals surface area contributed by atoms with E-state index in [1.165, 1.54) is 4.90 Å². The van der Waals surface area contributed by atoms with Crippen molar-refractivity contribution in [3.8, 4) is 0 Å². The Hall–Kier alpha value is -1.47. The van der Waals surface area contributed by atoms with Crippen molar-refractivity contribution in [2.45, 2.75) is 24.9 Å². The first-order valence-electron chi connectivity index (χ1n) is 6.22. The summed E-state index contributed by atoms with van der Waals surface area (Å²) in [6, 6.07) is -2.12. The SMILES string of the molecule is NCCONC(=O)C1CCC2CN1C(=O)N2OS(=O)(=O)O. The van der Waals surface area contributed by atoms with Gasteiger partial charge in [-0.2, -0.15) is 13.5 Å². The first-order chi connectivity index (χ1) is 9.83. The number of urea groups is 1. The van der Waals surface area contributed by atoms with Gasteiger partial charge in [-0.3, -0.25) is 14.2 Å². The Morgan fingerprint density at radius 3 is 2.81 bits per heavy atom. The molecule has 11 nitrogen and oxygen atoms in total. The molecule has 2 fully saturated rings. The molecule has 12 heteroatoms. The van der Waals surface area contributed by atoms with E-state index < -0.39 is 34.4 Å². The Bertz CT molecular complexity index is 524. The maximum absolute atomic E-state index is 12.0. The van der Waals surface area contributed by atoms with E-state index >= 15 is 0 Å². The minimum absolute atomic E-state index is 0.128. The lowest BCUT2D eigenvalue weighted by Gasteiger charge is -2.28. The minimum Gasteiger partial charge on any atom is -0.328 e. The third-order valence-electron chi connectivity index (χ3n) is 3.19. The molecule has 0 radical (unpaired) electrons. The van der Waals surface area contributed by atoms with Crippen molar-refractivity contribution < 1.29 is 31.7 Å². The van der Waals surface area contributed by atoms with Crippen LogP contribution in [0.5, 0.6) is 0 Å². The third-order valence-corrected chi connectivity index (χ3v) is 3.54. The first kappa shape index (κ1) is 15.9. The van der Waals surface area contributed by atoms with Crippen molar-refractivity contribution in [1.29, 1.82) is 0 Å². The van der Waals surface area contributed by atoms with Crippen molar-refractivity contribution in [2.75, 3.05) is 19.7 Å². The number of hydroxylamine groups is 3. The highest BCUT2D eigenvalue weighted by molar-refractivity contribution is 7.80. The number of nitrogens with zero attached hydrogens (tertiary/aromatic N) is 2. The van der Waals surface area contributed by atoms with E-state index in [1.807, 2.05) is 0 Å². The van der Waals surface area contributed by atoms with Crippen LogP contribution in [-0.2, 0) is 24.3 Å². The molecule has 2 saturated heterocycles. The zero-order chi connectivity index (χ0) is 15.6. The van der Waals surface area contributed by atoms with Crippen LogP contribution < -0.4 is 11.2 Å². The summed E-state index contributed by atoms with van der Waals surface area (Å²) >= 11 is 0. The molecule has 2 unspecified atom stereocenters. The van der Waals surface area contributed by atoms with E-state index in [4.69, 9.17) is 15.1 Å². The number of hydrogen-bond acceptors (Lipinski definition) is 7. The molecule has 0 saturated carbocycles. The molecular formula is C9H16N4O7S. The van der Waals surface area contributed by atoms with Crippen LogP contribution in [0.1, 0.15) is 12.8 Å². The second-order valence-electron chi connectivity index (χ2n) is 4.61. The number of nitrogens with two attached hydrogens (primary N) is 1. The lowest BCUT2D eigenvalue weighted by molar-refractivity contribution is -0.138. The van der Waals surface area contributed by atoms with Gasteiger partial charge in [-0.05, 0) is 12.8 Å². The Kier molecular flexibility index (Phi) is 4.63. The average molecular weight is 324 g/mol. The van der Waals surface area contributed by atoms with Gasteiger partial charge in [-0.25, -0.2) is 10.3 Å². The van der Waals surface area contributed by atoms with E-state index in [2.05, 4.69) is 9.76 Å². The summed E-state index contributed by atoms with van der Waals surface area (Å²) in [7, 11) is -4.80. The number of amides is 3. The van der Waals surface area contributed by atoms with Gasteiger partial charge in [0.1, 0.15) is 6.04 Å². The summed E-state index contributed by atoms with van der Waals surface area (Å²) in [5.41, 5.74) is 7.39. The Morgan fingerprint density at radius 1 is 1.48 bits per heavy atom. The number of carbonyl (C=O) groups excluding carboxylic acids is 2. The molecule has 3 amide bonds. The largest absolute Gasteiger partial charge is 0.418 e. The highest BCUT2D eigenvalue weighted by atomic mass is 32.3. The number of piperidine rings is 1. The van der Waals surface area contributed by atoms with Gasteiger partial charge in [0.25, 0.3) is 5.91 Å². The van der Waals surface area contributed by atoms with Crippen LogP contribution in [0.25, 0.3) is 0 Å². The van der Waals surface area contributed by atoms with Crippen molar-refractivity contribution in [1.82, 2.24) is 15.4 Å². The highest BCUT2D eigenvalue weighted by Crippen LogP contribution is 2.30. The maximum atomic E-state index is 12.0. The zero-order valence-corrected chi connectivity index (χ0v) is 11.8. The normalized spacial score (nSPS) is 25.3. The van der Waals surface area contributed by atoms with Crippen LogP contribution in [-0.4, -0.2) is 66.7 Å². The summed E-state index contributed by atoms with van der Waals surface area (Å²) in [6.45, 7) is 0.488. The molecule has 0 aliphatic carbocycles. The predicted octanol–water partition coefficient (Wildman–Crippen LogP) is -2.00. The molecule has 2 bridgehead atoms. The van der Waals surface area contributed by atoms with Gasteiger partial charge in [0.15, 0.2) is 0 Å². The fraction of sp³-hybridized carbons (Fsp3) is 0.778. The minimum atomic E-state index is -4.80. The smallest absolute Gasteiger partial charge is 0.328 e. The average Bonchev–Trinajstić information content (AvgIpc) is 2.63. The van der Waals surface area contributed by atoms with Gasteiger partial charge in [0, 0.05) is 13.1 Å². The molecule has 0 aromatic carbocycles. The number of carbonyl (C=O) groups is 2. The molecule has 120 valence electrons. The summed E-state index contributed by atoms with van der Waals surface area (Å²) in [4.78, 5) is 29.9. The van der Waals surface area contributed by atoms with Crippen molar-refractivity contribution >= 4 is 22.3 Å². The second kappa shape index (κ2) is 6.11. The van der Waals surface area contributed by atoms with Crippen LogP contribution >= 0.6 is 0 Å². The molecule has 0 spiro atoms.